The maximum Gasteiger partial charge on any atom is 0.410 e. The van der Waals surface area contributed by atoms with Crippen molar-refractivity contribution in [3.05, 3.63) is 65.5 Å². The molecule has 5 nitrogen and oxygen atoms in total. The molecule has 2 atom stereocenters. The molecule has 29 heavy (non-hydrogen) atoms. The highest BCUT2D eigenvalue weighted by molar-refractivity contribution is 6.00. The molecule has 2 fully saturated rings. The maximum atomic E-state index is 14.3. The van der Waals surface area contributed by atoms with E-state index in [-0.39, 0.29) is 47.8 Å². The molecular formula is C23H24FNO4. The van der Waals surface area contributed by atoms with Crippen molar-refractivity contribution in [2.24, 2.45) is 5.92 Å². The second-order valence-corrected chi connectivity index (χ2v) is 7.68. The van der Waals surface area contributed by atoms with E-state index in [9.17, 15) is 14.0 Å². The number of amides is 1. The van der Waals surface area contributed by atoms with E-state index in [2.05, 4.69) is 0 Å². The molecule has 152 valence electrons. The molecule has 0 saturated carbocycles. The molecule has 0 N–H and O–H groups in total. The van der Waals surface area contributed by atoms with Crippen LogP contribution in [0, 0.1) is 11.7 Å². The Hall–Kier alpha value is -2.89. The first kappa shape index (κ1) is 19.4. The summed E-state index contributed by atoms with van der Waals surface area (Å²) in [5.41, 5.74) is 0.949. The number of nitrogens with zero attached hydrogens (tertiary/aromatic N) is 1. The summed E-state index contributed by atoms with van der Waals surface area (Å²) >= 11 is 0. The minimum Gasteiger partial charge on any atom is -0.496 e. The van der Waals surface area contributed by atoms with Crippen LogP contribution in [-0.2, 0) is 11.3 Å². The molecule has 2 aliphatic rings. The molecule has 2 unspecified atom stereocenters. The Labute approximate surface area is 169 Å². The van der Waals surface area contributed by atoms with Gasteiger partial charge < -0.3 is 14.4 Å². The van der Waals surface area contributed by atoms with Crippen molar-refractivity contribution >= 4 is 11.9 Å². The van der Waals surface area contributed by atoms with Crippen LogP contribution in [0.1, 0.15) is 41.6 Å². The van der Waals surface area contributed by atoms with Gasteiger partial charge in [0.2, 0.25) is 0 Å². The lowest BCUT2D eigenvalue weighted by molar-refractivity contribution is 0.0482. The maximum absolute atomic E-state index is 14.3. The van der Waals surface area contributed by atoms with Gasteiger partial charge in [-0.05, 0) is 43.4 Å². The minimum atomic E-state index is -0.564. The fraction of sp³-hybridized carbons (Fsp3) is 0.391. The number of carbonyl (C=O) groups excluding carboxylic acids is 2. The summed E-state index contributed by atoms with van der Waals surface area (Å²) in [4.78, 5) is 27.5. The third kappa shape index (κ3) is 3.84. The Morgan fingerprint density at radius 1 is 1.03 bits per heavy atom. The number of piperidine rings is 1. The van der Waals surface area contributed by atoms with Gasteiger partial charge in [-0.2, -0.15) is 0 Å². The first-order valence-electron chi connectivity index (χ1n) is 9.94. The summed E-state index contributed by atoms with van der Waals surface area (Å²) in [6.45, 7) is 0.227. The smallest absolute Gasteiger partial charge is 0.410 e. The van der Waals surface area contributed by atoms with E-state index in [0.29, 0.717) is 12.8 Å². The topological polar surface area (TPSA) is 55.8 Å². The highest BCUT2D eigenvalue weighted by Crippen LogP contribution is 2.41. The van der Waals surface area contributed by atoms with Gasteiger partial charge >= 0.3 is 6.09 Å². The lowest BCUT2D eigenvalue weighted by Gasteiger charge is -2.37. The van der Waals surface area contributed by atoms with Crippen molar-refractivity contribution in [2.45, 2.75) is 44.4 Å². The van der Waals surface area contributed by atoms with Gasteiger partial charge in [0, 0.05) is 18.0 Å². The molecule has 2 aliphatic heterocycles. The first-order valence-corrected chi connectivity index (χ1v) is 9.94. The number of carbonyl (C=O) groups is 2. The molecule has 0 radical (unpaired) electrons. The number of fused-ring (bicyclic) bond motifs is 2. The molecule has 0 spiro atoms. The summed E-state index contributed by atoms with van der Waals surface area (Å²) in [5, 5.41) is 0. The number of Topliss-reactive ketones (excluding diaryl/α,β-unsaturated/α-hetero) is 1. The van der Waals surface area contributed by atoms with E-state index in [1.54, 1.807) is 11.0 Å². The number of ether oxygens (including phenoxy) is 2. The number of ketones is 1. The van der Waals surface area contributed by atoms with Gasteiger partial charge in [0.1, 0.15) is 18.2 Å². The molecular weight excluding hydrogens is 373 g/mol. The number of rotatable bonds is 5. The van der Waals surface area contributed by atoms with Crippen LogP contribution >= 0.6 is 0 Å². The van der Waals surface area contributed by atoms with Crippen molar-refractivity contribution in [3.8, 4) is 5.75 Å². The standard InChI is InChI=1S/C23H24FNO4/c1-28-20-9-5-8-19(24)21(20)22(26)16-12-17-10-11-18(13-16)25(17)23(27)29-14-15-6-3-2-4-7-15/h2-9,16-18H,10-14H2,1H3. The third-order valence-electron chi connectivity index (χ3n) is 5.96. The quantitative estimate of drug-likeness (QED) is 0.692. The van der Waals surface area contributed by atoms with E-state index in [0.717, 1.165) is 18.4 Å². The fourth-order valence-corrected chi connectivity index (χ4v) is 4.60. The molecule has 2 heterocycles. The summed E-state index contributed by atoms with van der Waals surface area (Å²) in [7, 11) is 1.43. The fourth-order valence-electron chi connectivity index (χ4n) is 4.60. The van der Waals surface area contributed by atoms with Gasteiger partial charge in [-0.3, -0.25) is 4.79 Å². The lowest BCUT2D eigenvalue weighted by atomic mass is 9.84. The Morgan fingerprint density at radius 2 is 1.72 bits per heavy atom. The van der Waals surface area contributed by atoms with Crippen LogP contribution in [0.2, 0.25) is 0 Å². The lowest BCUT2D eigenvalue weighted by Crippen LogP contribution is -2.48. The monoisotopic (exact) mass is 397 g/mol. The van der Waals surface area contributed by atoms with Crippen molar-refractivity contribution in [3.63, 3.8) is 0 Å². The molecule has 2 aromatic carbocycles. The van der Waals surface area contributed by atoms with Crippen molar-refractivity contribution < 1.29 is 23.5 Å². The zero-order valence-corrected chi connectivity index (χ0v) is 16.3. The van der Waals surface area contributed by atoms with Gasteiger partial charge in [0.05, 0.1) is 12.7 Å². The van der Waals surface area contributed by atoms with E-state index in [1.807, 2.05) is 30.3 Å². The van der Waals surface area contributed by atoms with Crippen LogP contribution in [0.4, 0.5) is 9.18 Å². The van der Waals surface area contributed by atoms with E-state index < -0.39 is 5.82 Å². The molecule has 4 rings (SSSR count). The highest BCUT2D eigenvalue weighted by Gasteiger charge is 2.46. The van der Waals surface area contributed by atoms with E-state index >= 15 is 0 Å². The van der Waals surface area contributed by atoms with Crippen molar-refractivity contribution in [1.29, 1.82) is 0 Å². The van der Waals surface area contributed by atoms with E-state index in [1.165, 1.54) is 19.2 Å². The second kappa shape index (κ2) is 8.23. The Kier molecular flexibility index (Phi) is 5.51. The third-order valence-corrected chi connectivity index (χ3v) is 5.96. The van der Waals surface area contributed by atoms with Gasteiger partial charge in [-0.25, -0.2) is 9.18 Å². The van der Waals surface area contributed by atoms with Crippen LogP contribution in [0.3, 0.4) is 0 Å². The van der Waals surface area contributed by atoms with Crippen LogP contribution in [0.25, 0.3) is 0 Å². The second-order valence-electron chi connectivity index (χ2n) is 7.68. The predicted molar refractivity (Wildman–Crippen MR) is 105 cm³/mol. The van der Waals surface area contributed by atoms with Crippen LogP contribution in [-0.4, -0.2) is 36.0 Å². The van der Waals surface area contributed by atoms with Crippen molar-refractivity contribution in [2.75, 3.05) is 7.11 Å². The number of benzene rings is 2. The Bertz CT molecular complexity index is 887. The number of halogens is 1. The highest BCUT2D eigenvalue weighted by atomic mass is 19.1. The van der Waals surface area contributed by atoms with Gasteiger partial charge in [-0.1, -0.05) is 36.4 Å². The molecule has 0 aromatic heterocycles. The van der Waals surface area contributed by atoms with Crippen LogP contribution < -0.4 is 4.74 Å². The Balaban J connectivity index is 1.44. The largest absolute Gasteiger partial charge is 0.496 e. The minimum absolute atomic E-state index is 0.0134. The molecule has 2 bridgehead atoms. The summed E-state index contributed by atoms with van der Waals surface area (Å²) in [6.07, 6.45) is 2.38. The number of hydrogen-bond acceptors (Lipinski definition) is 4. The van der Waals surface area contributed by atoms with Gasteiger partial charge in [0.15, 0.2) is 5.78 Å². The molecule has 1 amide bonds. The van der Waals surface area contributed by atoms with Gasteiger partial charge in [0.25, 0.3) is 0 Å². The zero-order valence-electron chi connectivity index (χ0n) is 16.3. The normalized spacial score (nSPS) is 23.0. The predicted octanol–water partition coefficient (Wildman–Crippen LogP) is 4.60. The van der Waals surface area contributed by atoms with E-state index in [4.69, 9.17) is 9.47 Å². The summed E-state index contributed by atoms with van der Waals surface area (Å²) in [5.74, 6) is -0.871. The van der Waals surface area contributed by atoms with Crippen LogP contribution in [0.15, 0.2) is 48.5 Å². The molecule has 0 aliphatic carbocycles. The van der Waals surface area contributed by atoms with Gasteiger partial charge in [-0.15, -0.1) is 0 Å². The Morgan fingerprint density at radius 3 is 2.38 bits per heavy atom. The summed E-state index contributed by atoms with van der Waals surface area (Å²) < 4.78 is 25.0. The first-order chi connectivity index (χ1) is 14.1. The van der Waals surface area contributed by atoms with Crippen molar-refractivity contribution in [1.82, 2.24) is 4.90 Å². The van der Waals surface area contributed by atoms with Crippen LogP contribution in [0.5, 0.6) is 5.75 Å². The zero-order chi connectivity index (χ0) is 20.4. The molecule has 6 heteroatoms. The molecule has 2 aromatic rings. The summed E-state index contributed by atoms with van der Waals surface area (Å²) in [6, 6.07) is 13.8. The SMILES string of the molecule is COc1cccc(F)c1C(=O)C1CC2CCC(C1)N2C(=O)OCc1ccccc1. The average Bonchev–Trinajstić information content (AvgIpc) is 3.01. The number of hydrogen-bond donors (Lipinski definition) is 0. The average molecular weight is 397 g/mol. The number of methoxy groups -OCH3 is 1. The molecule has 2 saturated heterocycles.